The highest BCUT2D eigenvalue weighted by Crippen LogP contribution is 2.24. The molecule has 0 aliphatic heterocycles. The molecule has 0 aliphatic carbocycles. The number of thiazole rings is 1. The Morgan fingerprint density at radius 3 is 2.84 bits per heavy atom. The highest BCUT2D eigenvalue weighted by molar-refractivity contribution is 7.09. The van der Waals surface area contributed by atoms with Crippen molar-refractivity contribution in [1.29, 1.82) is 0 Å². The van der Waals surface area contributed by atoms with E-state index in [1.165, 1.54) is 17.4 Å². The molecule has 0 saturated carbocycles. The van der Waals surface area contributed by atoms with Crippen LogP contribution in [0.5, 0.6) is 0 Å². The summed E-state index contributed by atoms with van der Waals surface area (Å²) >= 11 is 1.46. The van der Waals surface area contributed by atoms with Crippen molar-refractivity contribution in [2.24, 2.45) is 0 Å². The Bertz CT molecular complexity index is 519. The van der Waals surface area contributed by atoms with Gasteiger partial charge in [-0.3, -0.25) is 0 Å². The highest BCUT2D eigenvalue weighted by Gasteiger charge is 2.17. The molecule has 0 bridgehead atoms. The molecule has 2 rings (SSSR count). The van der Waals surface area contributed by atoms with E-state index in [4.69, 9.17) is 4.74 Å². The average molecular weight is 284 g/mol. The van der Waals surface area contributed by atoms with Crippen molar-refractivity contribution >= 4 is 11.3 Å². The predicted octanol–water partition coefficient (Wildman–Crippen LogP) is 2.75. The van der Waals surface area contributed by atoms with Gasteiger partial charge in [-0.25, -0.2) is 13.8 Å². The van der Waals surface area contributed by atoms with Crippen LogP contribution in [0.1, 0.15) is 16.6 Å². The minimum absolute atomic E-state index is 0.259. The smallest absolute Gasteiger partial charge is 0.159 e. The van der Waals surface area contributed by atoms with Gasteiger partial charge in [0.25, 0.3) is 0 Å². The first-order chi connectivity index (χ1) is 9.22. The Morgan fingerprint density at radius 1 is 1.37 bits per heavy atom. The van der Waals surface area contributed by atoms with Gasteiger partial charge in [-0.1, -0.05) is 6.07 Å². The zero-order valence-corrected chi connectivity index (χ0v) is 11.2. The third kappa shape index (κ3) is 3.56. The topological polar surface area (TPSA) is 34.1 Å². The molecule has 102 valence electrons. The fourth-order valence-corrected chi connectivity index (χ4v) is 2.46. The summed E-state index contributed by atoms with van der Waals surface area (Å²) in [5.41, 5.74) is 0.643. The molecule has 1 unspecified atom stereocenters. The van der Waals surface area contributed by atoms with Crippen molar-refractivity contribution in [2.45, 2.75) is 6.04 Å². The maximum Gasteiger partial charge on any atom is 0.159 e. The Morgan fingerprint density at radius 2 is 2.21 bits per heavy atom. The van der Waals surface area contributed by atoms with E-state index in [2.05, 4.69) is 10.3 Å². The third-order valence-corrected chi connectivity index (χ3v) is 3.47. The van der Waals surface area contributed by atoms with Crippen molar-refractivity contribution in [2.75, 3.05) is 20.3 Å². The molecule has 6 heteroatoms. The van der Waals surface area contributed by atoms with E-state index in [9.17, 15) is 8.78 Å². The minimum Gasteiger partial charge on any atom is -0.383 e. The number of hydrogen-bond donors (Lipinski definition) is 1. The van der Waals surface area contributed by atoms with Crippen LogP contribution < -0.4 is 5.32 Å². The number of nitrogens with zero attached hydrogens (tertiary/aromatic N) is 1. The van der Waals surface area contributed by atoms with Gasteiger partial charge in [0.1, 0.15) is 5.01 Å². The summed E-state index contributed by atoms with van der Waals surface area (Å²) in [6.07, 6.45) is 1.69. The van der Waals surface area contributed by atoms with E-state index in [1.807, 2.05) is 5.38 Å². The fourth-order valence-electron chi connectivity index (χ4n) is 1.72. The number of halogens is 2. The Kier molecular flexibility index (Phi) is 4.95. The van der Waals surface area contributed by atoms with Gasteiger partial charge >= 0.3 is 0 Å². The van der Waals surface area contributed by atoms with Crippen LogP contribution in [0, 0.1) is 11.6 Å². The molecular formula is C13H14F2N2OS. The van der Waals surface area contributed by atoms with Crippen LogP contribution in [-0.4, -0.2) is 25.2 Å². The van der Waals surface area contributed by atoms with Gasteiger partial charge in [-0.15, -0.1) is 11.3 Å². The first kappa shape index (κ1) is 14.0. The van der Waals surface area contributed by atoms with Gasteiger partial charge in [-0.05, 0) is 17.7 Å². The first-order valence-corrected chi connectivity index (χ1v) is 6.67. The lowest BCUT2D eigenvalue weighted by Gasteiger charge is -2.17. The van der Waals surface area contributed by atoms with Gasteiger partial charge in [0.05, 0.1) is 12.6 Å². The molecule has 0 amide bonds. The Labute approximate surface area is 114 Å². The lowest BCUT2D eigenvalue weighted by Crippen LogP contribution is -2.26. The molecule has 1 aromatic carbocycles. The quantitative estimate of drug-likeness (QED) is 0.828. The molecule has 0 radical (unpaired) electrons. The predicted molar refractivity (Wildman–Crippen MR) is 70.2 cm³/mol. The SMILES string of the molecule is COCCNC(c1ccc(F)c(F)c1)c1nccs1. The van der Waals surface area contributed by atoms with Crippen molar-refractivity contribution in [3.05, 3.63) is 52.0 Å². The van der Waals surface area contributed by atoms with Crippen LogP contribution >= 0.6 is 11.3 Å². The summed E-state index contributed by atoms with van der Waals surface area (Å²) in [6.45, 7) is 1.13. The summed E-state index contributed by atoms with van der Waals surface area (Å²) in [5.74, 6) is -1.70. The molecule has 1 aromatic heterocycles. The molecule has 1 N–H and O–H groups in total. The summed E-state index contributed by atoms with van der Waals surface area (Å²) in [6, 6.07) is 3.62. The summed E-state index contributed by atoms with van der Waals surface area (Å²) in [7, 11) is 1.61. The largest absolute Gasteiger partial charge is 0.383 e. The normalized spacial score (nSPS) is 12.6. The molecular weight excluding hydrogens is 270 g/mol. The van der Waals surface area contributed by atoms with E-state index in [0.717, 1.165) is 11.1 Å². The molecule has 3 nitrogen and oxygen atoms in total. The Hall–Kier alpha value is -1.37. The molecule has 19 heavy (non-hydrogen) atoms. The van der Waals surface area contributed by atoms with Crippen LogP contribution in [0.2, 0.25) is 0 Å². The van der Waals surface area contributed by atoms with Crippen LogP contribution in [0.25, 0.3) is 0 Å². The molecule has 0 spiro atoms. The lowest BCUT2D eigenvalue weighted by molar-refractivity contribution is 0.197. The van der Waals surface area contributed by atoms with E-state index < -0.39 is 11.6 Å². The van der Waals surface area contributed by atoms with E-state index in [-0.39, 0.29) is 6.04 Å². The van der Waals surface area contributed by atoms with Gasteiger partial charge in [-0.2, -0.15) is 0 Å². The van der Waals surface area contributed by atoms with E-state index in [0.29, 0.717) is 18.7 Å². The van der Waals surface area contributed by atoms with Gasteiger partial charge < -0.3 is 10.1 Å². The summed E-state index contributed by atoms with van der Waals surface area (Å²) in [4.78, 5) is 4.22. The number of rotatable bonds is 6. The Balaban J connectivity index is 2.23. The standard InChI is InChI=1S/C13H14F2N2OS/c1-18-6-4-16-12(13-17-5-7-19-13)9-2-3-10(14)11(15)8-9/h2-3,5,7-8,12,16H,4,6H2,1H3. The molecule has 2 aromatic rings. The zero-order valence-electron chi connectivity index (χ0n) is 10.4. The molecule has 0 fully saturated rings. The van der Waals surface area contributed by atoms with Crippen LogP contribution in [-0.2, 0) is 4.74 Å². The molecule has 1 heterocycles. The van der Waals surface area contributed by atoms with Gasteiger partial charge in [0, 0.05) is 25.2 Å². The third-order valence-electron chi connectivity index (χ3n) is 2.63. The van der Waals surface area contributed by atoms with Crippen molar-refractivity contribution in [1.82, 2.24) is 10.3 Å². The van der Waals surface area contributed by atoms with Gasteiger partial charge in [0.2, 0.25) is 0 Å². The number of benzene rings is 1. The monoisotopic (exact) mass is 284 g/mol. The summed E-state index contributed by atoms with van der Waals surface area (Å²) < 4.78 is 31.3. The first-order valence-electron chi connectivity index (χ1n) is 5.79. The lowest BCUT2D eigenvalue weighted by atomic mass is 10.1. The number of aromatic nitrogens is 1. The maximum atomic E-state index is 13.3. The maximum absolute atomic E-state index is 13.3. The second-order valence-electron chi connectivity index (χ2n) is 3.92. The van der Waals surface area contributed by atoms with Crippen LogP contribution in [0.4, 0.5) is 8.78 Å². The highest BCUT2D eigenvalue weighted by atomic mass is 32.1. The van der Waals surface area contributed by atoms with Gasteiger partial charge in [0.15, 0.2) is 11.6 Å². The molecule has 0 aliphatic rings. The molecule has 1 atom stereocenters. The second kappa shape index (κ2) is 6.70. The number of methoxy groups -OCH3 is 1. The van der Waals surface area contributed by atoms with Crippen molar-refractivity contribution in [3.63, 3.8) is 0 Å². The van der Waals surface area contributed by atoms with E-state index >= 15 is 0 Å². The number of ether oxygens (including phenoxy) is 1. The van der Waals surface area contributed by atoms with Crippen LogP contribution in [0.3, 0.4) is 0 Å². The fraction of sp³-hybridized carbons (Fsp3) is 0.308. The summed E-state index contributed by atoms with van der Waals surface area (Å²) in [5, 5.41) is 5.87. The number of nitrogens with one attached hydrogen (secondary N) is 1. The molecule has 0 saturated heterocycles. The van der Waals surface area contributed by atoms with Crippen molar-refractivity contribution in [3.8, 4) is 0 Å². The minimum atomic E-state index is -0.854. The van der Waals surface area contributed by atoms with Crippen molar-refractivity contribution < 1.29 is 13.5 Å². The zero-order chi connectivity index (χ0) is 13.7. The number of hydrogen-bond acceptors (Lipinski definition) is 4. The van der Waals surface area contributed by atoms with E-state index in [1.54, 1.807) is 19.4 Å². The second-order valence-corrected chi connectivity index (χ2v) is 4.85. The average Bonchev–Trinajstić information content (AvgIpc) is 2.92. The van der Waals surface area contributed by atoms with Crippen LogP contribution in [0.15, 0.2) is 29.8 Å².